The van der Waals surface area contributed by atoms with Gasteiger partial charge in [0.2, 0.25) is 0 Å². The molecule has 1 aliphatic rings. The van der Waals surface area contributed by atoms with Gasteiger partial charge in [0.15, 0.2) is 0 Å². The highest BCUT2D eigenvalue weighted by Gasteiger charge is 2.31. The lowest BCUT2D eigenvalue weighted by Gasteiger charge is -2.19. The molecule has 0 atom stereocenters. The van der Waals surface area contributed by atoms with Crippen molar-refractivity contribution < 1.29 is 17.9 Å². The highest BCUT2D eigenvalue weighted by molar-refractivity contribution is 5.70. The second-order valence-corrected chi connectivity index (χ2v) is 4.98. The molecule has 0 amide bonds. The highest BCUT2D eigenvalue weighted by Crippen LogP contribution is 2.31. The molecule has 2 aromatic rings. The van der Waals surface area contributed by atoms with Gasteiger partial charge in [0.1, 0.15) is 5.75 Å². The molecule has 0 aromatic heterocycles. The molecule has 0 saturated heterocycles. The molecule has 0 bridgehead atoms. The van der Waals surface area contributed by atoms with E-state index in [0.29, 0.717) is 5.56 Å². The number of alkyl halides is 3. The van der Waals surface area contributed by atoms with E-state index in [9.17, 15) is 13.2 Å². The number of hydrogen-bond donors (Lipinski definition) is 1. The first kappa shape index (κ1) is 13.8. The molecule has 0 aliphatic carbocycles. The Hall–Kier alpha value is -2.17. The predicted octanol–water partition coefficient (Wildman–Crippen LogP) is 4.61. The minimum Gasteiger partial charge on any atom is -0.406 e. The number of halogens is 3. The third-order valence-electron chi connectivity index (χ3n) is 3.44. The molecule has 0 radical (unpaired) electrons. The van der Waals surface area contributed by atoms with Crippen molar-refractivity contribution in [1.29, 1.82) is 0 Å². The number of aryl methyl sites for hydroxylation is 1. The van der Waals surface area contributed by atoms with E-state index >= 15 is 0 Å². The molecule has 0 spiro atoms. The Kier molecular flexibility index (Phi) is 3.49. The number of benzene rings is 2. The van der Waals surface area contributed by atoms with E-state index in [1.807, 2.05) is 18.2 Å². The molecule has 5 heteroatoms. The van der Waals surface area contributed by atoms with Gasteiger partial charge in [-0.05, 0) is 53.8 Å². The molecule has 1 heterocycles. The van der Waals surface area contributed by atoms with E-state index in [1.165, 1.54) is 17.7 Å². The van der Waals surface area contributed by atoms with E-state index < -0.39 is 6.36 Å². The van der Waals surface area contributed by atoms with Gasteiger partial charge in [-0.15, -0.1) is 13.2 Å². The number of ether oxygens (including phenoxy) is 1. The molecule has 21 heavy (non-hydrogen) atoms. The van der Waals surface area contributed by atoms with Gasteiger partial charge in [0.05, 0.1) is 0 Å². The van der Waals surface area contributed by atoms with Crippen molar-refractivity contribution >= 4 is 5.69 Å². The molecule has 3 rings (SSSR count). The van der Waals surface area contributed by atoms with Crippen LogP contribution in [0, 0.1) is 0 Å². The molecule has 0 unspecified atom stereocenters. The average Bonchev–Trinajstić information content (AvgIpc) is 2.45. The lowest BCUT2D eigenvalue weighted by Crippen LogP contribution is -2.17. The molecule has 2 aromatic carbocycles. The second kappa shape index (κ2) is 5.31. The number of rotatable bonds is 2. The fourth-order valence-corrected chi connectivity index (χ4v) is 2.53. The smallest absolute Gasteiger partial charge is 0.406 e. The zero-order valence-electron chi connectivity index (χ0n) is 11.2. The first-order chi connectivity index (χ1) is 10.0. The molecule has 2 nitrogen and oxygen atoms in total. The first-order valence-electron chi connectivity index (χ1n) is 6.74. The van der Waals surface area contributed by atoms with Crippen LogP contribution in [0.5, 0.6) is 5.75 Å². The zero-order valence-corrected chi connectivity index (χ0v) is 11.2. The summed E-state index contributed by atoms with van der Waals surface area (Å²) in [5.74, 6) is -0.198. The SMILES string of the molecule is FC(F)(F)Oc1cccc(-c2ccc3c(c2)CCCN3)c1. The van der Waals surface area contributed by atoms with E-state index in [2.05, 4.69) is 10.1 Å². The van der Waals surface area contributed by atoms with Gasteiger partial charge in [-0.25, -0.2) is 0 Å². The minimum atomic E-state index is -4.67. The third kappa shape index (κ3) is 3.29. The number of hydrogen-bond acceptors (Lipinski definition) is 2. The highest BCUT2D eigenvalue weighted by atomic mass is 19.4. The van der Waals surface area contributed by atoms with Crippen molar-refractivity contribution in [2.24, 2.45) is 0 Å². The van der Waals surface area contributed by atoms with Crippen LogP contribution in [0.2, 0.25) is 0 Å². The number of anilines is 1. The van der Waals surface area contributed by atoms with Crippen molar-refractivity contribution in [2.75, 3.05) is 11.9 Å². The summed E-state index contributed by atoms with van der Waals surface area (Å²) in [5.41, 5.74) is 3.91. The quantitative estimate of drug-likeness (QED) is 0.873. The summed E-state index contributed by atoms with van der Waals surface area (Å²) in [5, 5.41) is 3.31. The molecule has 1 aliphatic heterocycles. The maximum absolute atomic E-state index is 12.3. The lowest BCUT2D eigenvalue weighted by atomic mass is 9.97. The van der Waals surface area contributed by atoms with Gasteiger partial charge >= 0.3 is 6.36 Å². The maximum Gasteiger partial charge on any atom is 0.573 e. The monoisotopic (exact) mass is 293 g/mol. The molecule has 0 fully saturated rings. The van der Waals surface area contributed by atoms with Crippen molar-refractivity contribution in [3.05, 3.63) is 48.0 Å². The van der Waals surface area contributed by atoms with Gasteiger partial charge in [0, 0.05) is 12.2 Å². The van der Waals surface area contributed by atoms with E-state index in [1.54, 1.807) is 12.1 Å². The molecule has 0 saturated carbocycles. The fraction of sp³-hybridized carbons (Fsp3) is 0.250. The first-order valence-corrected chi connectivity index (χ1v) is 6.74. The average molecular weight is 293 g/mol. The van der Waals surface area contributed by atoms with Crippen LogP contribution in [-0.2, 0) is 6.42 Å². The second-order valence-electron chi connectivity index (χ2n) is 4.98. The molecular weight excluding hydrogens is 279 g/mol. The summed E-state index contributed by atoms with van der Waals surface area (Å²) in [6.45, 7) is 0.960. The minimum absolute atomic E-state index is 0.198. The van der Waals surface area contributed by atoms with E-state index in [0.717, 1.165) is 30.6 Å². The Balaban J connectivity index is 1.91. The van der Waals surface area contributed by atoms with Crippen molar-refractivity contribution in [2.45, 2.75) is 19.2 Å². The van der Waals surface area contributed by atoms with Crippen LogP contribution in [-0.4, -0.2) is 12.9 Å². The van der Waals surface area contributed by atoms with Crippen LogP contribution in [0.4, 0.5) is 18.9 Å². The Bertz CT molecular complexity index is 652. The summed E-state index contributed by atoms with van der Waals surface area (Å²) in [7, 11) is 0. The number of nitrogens with one attached hydrogen (secondary N) is 1. The largest absolute Gasteiger partial charge is 0.573 e. The third-order valence-corrected chi connectivity index (χ3v) is 3.44. The maximum atomic E-state index is 12.3. The zero-order chi connectivity index (χ0) is 14.9. The lowest BCUT2D eigenvalue weighted by molar-refractivity contribution is -0.274. The Morgan fingerprint density at radius 3 is 2.62 bits per heavy atom. The Labute approximate surface area is 120 Å². The van der Waals surface area contributed by atoms with Gasteiger partial charge < -0.3 is 10.1 Å². The molecule has 1 N–H and O–H groups in total. The van der Waals surface area contributed by atoms with Crippen LogP contribution in [0.1, 0.15) is 12.0 Å². The van der Waals surface area contributed by atoms with Gasteiger partial charge in [-0.2, -0.15) is 0 Å². The normalized spacial score (nSPS) is 14.2. The van der Waals surface area contributed by atoms with Crippen LogP contribution < -0.4 is 10.1 Å². The summed E-state index contributed by atoms with van der Waals surface area (Å²) in [6.07, 6.45) is -2.62. The summed E-state index contributed by atoms with van der Waals surface area (Å²) in [4.78, 5) is 0. The van der Waals surface area contributed by atoms with Crippen LogP contribution in [0.15, 0.2) is 42.5 Å². The fourth-order valence-electron chi connectivity index (χ4n) is 2.53. The van der Waals surface area contributed by atoms with Crippen LogP contribution in [0.25, 0.3) is 11.1 Å². The van der Waals surface area contributed by atoms with E-state index in [-0.39, 0.29) is 5.75 Å². The summed E-state index contributed by atoms with van der Waals surface area (Å²) >= 11 is 0. The Morgan fingerprint density at radius 1 is 1.00 bits per heavy atom. The molecular formula is C16H14F3NO. The Morgan fingerprint density at radius 2 is 1.81 bits per heavy atom. The molecule has 110 valence electrons. The van der Waals surface area contributed by atoms with Crippen LogP contribution in [0.3, 0.4) is 0 Å². The van der Waals surface area contributed by atoms with Crippen molar-refractivity contribution in [1.82, 2.24) is 0 Å². The van der Waals surface area contributed by atoms with Crippen molar-refractivity contribution in [3.8, 4) is 16.9 Å². The number of fused-ring (bicyclic) bond motifs is 1. The standard InChI is InChI=1S/C16H14F3NO/c17-16(18,19)21-14-5-1-3-11(10-14)12-6-7-15-13(9-12)4-2-8-20-15/h1,3,5-7,9-10,20H,2,4,8H2. The van der Waals surface area contributed by atoms with Gasteiger partial charge in [-0.3, -0.25) is 0 Å². The summed E-state index contributed by atoms with van der Waals surface area (Å²) in [6, 6.07) is 12.0. The van der Waals surface area contributed by atoms with Crippen molar-refractivity contribution in [3.63, 3.8) is 0 Å². The topological polar surface area (TPSA) is 21.3 Å². The summed E-state index contributed by atoms with van der Waals surface area (Å²) < 4.78 is 40.8. The van der Waals surface area contributed by atoms with Gasteiger partial charge in [0.25, 0.3) is 0 Å². The van der Waals surface area contributed by atoms with Crippen LogP contribution >= 0.6 is 0 Å². The van der Waals surface area contributed by atoms with Gasteiger partial charge in [-0.1, -0.05) is 18.2 Å². The predicted molar refractivity (Wildman–Crippen MR) is 75.4 cm³/mol. The van der Waals surface area contributed by atoms with E-state index in [4.69, 9.17) is 0 Å².